The molecule has 2 rings (SSSR count). The number of rotatable bonds is 3. The van der Waals surface area contributed by atoms with Gasteiger partial charge in [-0.3, -0.25) is 0 Å². The number of aliphatic hydroxyl groups excluding tert-OH is 1. The molecule has 2 aliphatic carbocycles. The number of aliphatic hydroxyl groups is 1. The van der Waals surface area contributed by atoms with Crippen molar-refractivity contribution in [2.75, 3.05) is 6.54 Å². The predicted octanol–water partition coefficient (Wildman–Crippen LogP) is 1.13. The molecule has 0 amide bonds. The van der Waals surface area contributed by atoms with Crippen molar-refractivity contribution in [3.05, 3.63) is 0 Å². The van der Waals surface area contributed by atoms with E-state index in [1.165, 1.54) is 19.3 Å². The second-order valence-corrected chi connectivity index (χ2v) is 4.68. The van der Waals surface area contributed by atoms with Gasteiger partial charge in [0.1, 0.15) is 0 Å². The van der Waals surface area contributed by atoms with E-state index in [0.717, 1.165) is 6.42 Å². The molecule has 0 unspecified atom stereocenters. The molecule has 70 valence electrons. The second kappa shape index (κ2) is 2.71. The molecule has 2 saturated carbocycles. The predicted molar refractivity (Wildman–Crippen MR) is 48.6 cm³/mol. The molecule has 0 heterocycles. The highest BCUT2D eigenvalue weighted by atomic mass is 16.3. The molecule has 0 saturated heterocycles. The van der Waals surface area contributed by atoms with E-state index in [1.54, 1.807) is 0 Å². The van der Waals surface area contributed by atoms with E-state index in [4.69, 9.17) is 5.73 Å². The Hall–Kier alpha value is -0.0800. The van der Waals surface area contributed by atoms with Crippen molar-refractivity contribution in [2.24, 2.45) is 23.0 Å². The second-order valence-electron chi connectivity index (χ2n) is 4.68. The zero-order chi connectivity index (χ0) is 8.77. The molecule has 0 aromatic heterocycles. The van der Waals surface area contributed by atoms with Crippen LogP contribution in [0.15, 0.2) is 0 Å². The fraction of sp³-hybridized carbons (Fsp3) is 1.00. The van der Waals surface area contributed by atoms with Crippen molar-refractivity contribution in [1.82, 2.24) is 0 Å². The van der Waals surface area contributed by atoms with Crippen molar-refractivity contribution in [3.63, 3.8) is 0 Å². The third kappa shape index (κ3) is 1.01. The summed E-state index contributed by atoms with van der Waals surface area (Å²) in [5.41, 5.74) is 5.83. The molecule has 3 N–H and O–H groups in total. The minimum atomic E-state index is -0.105. The summed E-state index contributed by atoms with van der Waals surface area (Å²) >= 11 is 0. The van der Waals surface area contributed by atoms with E-state index >= 15 is 0 Å². The SMILES string of the molecule is C[C@@H]1C[C@@]1(CN)[C@@H](O)C1CCC1. The highest BCUT2D eigenvalue weighted by molar-refractivity contribution is 5.07. The Morgan fingerprint density at radius 2 is 2.17 bits per heavy atom. The topological polar surface area (TPSA) is 46.2 Å². The number of nitrogens with two attached hydrogens (primary N) is 1. The van der Waals surface area contributed by atoms with Crippen LogP contribution in [0.5, 0.6) is 0 Å². The van der Waals surface area contributed by atoms with Crippen molar-refractivity contribution in [1.29, 1.82) is 0 Å². The highest BCUT2D eigenvalue weighted by Gasteiger charge is 2.57. The van der Waals surface area contributed by atoms with Gasteiger partial charge in [-0.05, 0) is 31.1 Å². The largest absolute Gasteiger partial charge is 0.392 e. The van der Waals surface area contributed by atoms with E-state index < -0.39 is 0 Å². The van der Waals surface area contributed by atoms with Crippen LogP contribution in [0.3, 0.4) is 0 Å². The zero-order valence-corrected chi connectivity index (χ0v) is 7.79. The lowest BCUT2D eigenvalue weighted by Crippen LogP contribution is -2.39. The Morgan fingerprint density at radius 3 is 2.42 bits per heavy atom. The lowest BCUT2D eigenvalue weighted by atomic mass is 9.74. The van der Waals surface area contributed by atoms with Crippen LogP contribution in [0.4, 0.5) is 0 Å². The number of hydrogen-bond acceptors (Lipinski definition) is 2. The Balaban J connectivity index is 1.97. The zero-order valence-electron chi connectivity index (χ0n) is 7.79. The summed E-state index contributed by atoms with van der Waals surface area (Å²) in [4.78, 5) is 0. The van der Waals surface area contributed by atoms with Gasteiger partial charge < -0.3 is 10.8 Å². The maximum Gasteiger partial charge on any atom is 0.0639 e. The highest BCUT2D eigenvalue weighted by Crippen LogP contribution is 2.57. The van der Waals surface area contributed by atoms with E-state index in [1.807, 2.05) is 0 Å². The molecule has 2 heteroatoms. The van der Waals surface area contributed by atoms with Crippen LogP contribution in [-0.2, 0) is 0 Å². The first-order valence-electron chi connectivity index (χ1n) is 5.09. The van der Waals surface area contributed by atoms with Gasteiger partial charge in [-0.25, -0.2) is 0 Å². The molecule has 0 aliphatic heterocycles. The molecule has 0 bridgehead atoms. The maximum atomic E-state index is 10.0. The molecule has 12 heavy (non-hydrogen) atoms. The molecule has 0 spiro atoms. The van der Waals surface area contributed by atoms with E-state index in [2.05, 4.69) is 6.92 Å². The first-order chi connectivity index (χ1) is 5.70. The van der Waals surface area contributed by atoms with Crippen molar-refractivity contribution < 1.29 is 5.11 Å². The summed E-state index contributed by atoms with van der Waals surface area (Å²) in [6.45, 7) is 2.88. The van der Waals surface area contributed by atoms with Crippen LogP contribution in [-0.4, -0.2) is 17.8 Å². The van der Waals surface area contributed by atoms with Crippen LogP contribution >= 0.6 is 0 Å². The average Bonchev–Trinajstić information content (AvgIpc) is 2.59. The van der Waals surface area contributed by atoms with Gasteiger partial charge in [0.15, 0.2) is 0 Å². The smallest absolute Gasteiger partial charge is 0.0639 e. The molecule has 3 atom stereocenters. The number of hydrogen-bond donors (Lipinski definition) is 2. The molecular weight excluding hydrogens is 150 g/mol. The minimum Gasteiger partial charge on any atom is -0.392 e. The quantitative estimate of drug-likeness (QED) is 0.665. The maximum absolute atomic E-state index is 10.0. The fourth-order valence-electron chi connectivity index (χ4n) is 2.55. The van der Waals surface area contributed by atoms with E-state index in [9.17, 15) is 5.11 Å². The van der Waals surface area contributed by atoms with Gasteiger partial charge in [0, 0.05) is 12.0 Å². The van der Waals surface area contributed by atoms with Gasteiger partial charge in [0.05, 0.1) is 6.10 Å². The third-order valence-electron chi connectivity index (χ3n) is 4.07. The van der Waals surface area contributed by atoms with Gasteiger partial charge >= 0.3 is 0 Å². The van der Waals surface area contributed by atoms with Crippen molar-refractivity contribution >= 4 is 0 Å². The molecule has 0 aromatic carbocycles. The normalized spacial score (nSPS) is 43.8. The summed E-state index contributed by atoms with van der Waals surface area (Å²) in [7, 11) is 0. The molecule has 0 radical (unpaired) electrons. The summed E-state index contributed by atoms with van der Waals surface area (Å²) < 4.78 is 0. The molecule has 2 fully saturated rings. The van der Waals surface area contributed by atoms with Crippen LogP contribution < -0.4 is 5.73 Å². The van der Waals surface area contributed by atoms with Crippen molar-refractivity contribution in [2.45, 2.75) is 38.7 Å². The Morgan fingerprint density at radius 1 is 1.58 bits per heavy atom. The first kappa shape index (κ1) is 8.52. The Kier molecular flexibility index (Phi) is 1.92. The average molecular weight is 169 g/mol. The summed E-state index contributed by atoms with van der Waals surface area (Å²) in [5.74, 6) is 1.22. The van der Waals surface area contributed by atoms with Crippen LogP contribution in [0.1, 0.15) is 32.6 Å². The van der Waals surface area contributed by atoms with Gasteiger partial charge in [0.2, 0.25) is 0 Å². The summed E-state index contributed by atoms with van der Waals surface area (Å²) in [6, 6.07) is 0. The lowest BCUT2D eigenvalue weighted by molar-refractivity contribution is 0.000717. The fourth-order valence-corrected chi connectivity index (χ4v) is 2.55. The molecule has 0 aromatic rings. The minimum absolute atomic E-state index is 0.105. The third-order valence-corrected chi connectivity index (χ3v) is 4.07. The van der Waals surface area contributed by atoms with Gasteiger partial charge in [-0.1, -0.05) is 13.3 Å². The summed E-state index contributed by atoms with van der Waals surface area (Å²) in [6.07, 6.45) is 4.77. The lowest BCUT2D eigenvalue weighted by Gasteiger charge is -2.35. The van der Waals surface area contributed by atoms with Gasteiger partial charge in [0.25, 0.3) is 0 Å². The summed E-state index contributed by atoms with van der Waals surface area (Å²) in [5, 5.41) is 10.0. The monoisotopic (exact) mass is 169 g/mol. The Bertz CT molecular complexity index is 175. The van der Waals surface area contributed by atoms with Gasteiger partial charge in [-0.15, -0.1) is 0 Å². The van der Waals surface area contributed by atoms with Crippen LogP contribution in [0, 0.1) is 17.3 Å². The van der Waals surface area contributed by atoms with Crippen LogP contribution in [0.25, 0.3) is 0 Å². The molecule has 2 nitrogen and oxygen atoms in total. The van der Waals surface area contributed by atoms with Crippen LogP contribution in [0.2, 0.25) is 0 Å². The van der Waals surface area contributed by atoms with E-state index in [0.29, 0.717) is 18.4 Å². The molecular formula is C10H19NO. The Labute approximate surface area is 74.1 Å². The van der Waals surface area contributed by atoms with E-state index in [-0.39, 0.29) is 11.5 Å². The van der Waals surface area contributed by atoms with Crippen molar-refractivity contribution in [3.8, 4) is 0 Å². The first-order valence-corrected chi connectivity index (χ1v) is 5.09. The molecule has 2 aliphatic rings. The standard InChI is InChI=1S/C10H19NO/c1-7-5-10(7,6-11)9(12)8-3-2-4-8/h7-9,12H,2-6,11H2,1H3/t7-,9+,10+/m1/s1. The van der Waals surface area contributed by atoms with Gasteiger partial charge in [-0.2, -0.15) is 0 Å².